The van der Waals surface area contributed by atoms with Crippen molar-refractivity contribution in [1.29, 1.82) is 0 Å². The molecule has 0 spiro atoms. The normalized spacial score (nSPS) is 11.1. The van der Waals surface area contributed by atoms with Gasteiger partial charge in [-0.25, -0.2) is 0 Å². The van der Waals surface area contributed by atoms with E-state index in [4.69, 9.17) is 9.84 Å². The van der Waals surface area contributed by atoms with E-state index < -0.39 is 0 Å². The fraction of sp³-hybridized carbons (Fsp3) is 0.545. The largest absolute Gasteiger partial charge is 0.493 e. The maximum atomic E-state index is 8.73. The van der Waals surface area contributed by atoms with Gasteiger partial charge in [0.25, 0.3) is 0 Å². The maximum Gasteiger partial charge on any atom is 0.127 e. The topological polar surface area (TPSA) is 29.5 Å². The number of aliphatic hydroxyl groups is 1. The van der Waals surface area contributed by atoms with Crippen molar-refractivity contribution < 1.29 is 9.84 Å². The zero-order valence-corrected chi connectivity index (χ0v) is 16.8. The molecule has 0 aromatic heterocycles. The standard InChI is InChI=1S/C22H31BrO2/c23-20-14-15-21-19(18-20)12-11-13-22(21)25-17-10-8-6-4-2-1-3-5-7-9-16-24/h11-15,18,24H,1-10,16-17H2. The molecule has 3 heteroatoms. The molecule has 0 bridgehead atoms. The number of aliphatic hydroxyl groups excluding tert-OH is 1. The molecule has 2 nitrogen and oxygen atoms in total. The first kappa shape index (κ1) is 20.3. The lowest BCUT2D eigenvalue weighted by molar-refractivity contribution is 0.282. The van der Waals surface area contributed by atoms with Crippen molar-refractivity contribution in [1.82, 2.24) is 0 Å². The van der Waals surface area contributed by atoms with Crippen LogP contribution in [0.3, 0.4) is 0 Å². The van der Waals surface area contributed by atoms with E-state index in [1.54, 1.807) is 0 Å². The lowest BCUT2D eigenvalue weighted by Crippen LogP contribution is -1.98. The summed E-state index contributed by atoms with van der Waals surface area (Å²) in [6, 6.07) is 12.6. The van der Waals surface area contributed by atoms with Crippen LogP contribution in [0.5, 0.6) is 5.75 Å². The number of benzene rings is 2. The molecule has 0 saturated heterocycles. The molecule has 0 fully saturated rings. The van der Waals surface area contributed by atoms with Gasteiger partial charge in [-0.3, -0.25) is 0 Å². The van der Waals surface area contributed by atoms with E-state index >= 15 is 0 Å². The van der Waals surface area contributed by atoms with Gasteiger partial charge in [0.2, 0.25) is 0 Å². The first-order valence-electron chi connectivity index (χ1n) is 9.73. The Hall–Kier alpha value is -1.06. The molecule has 2 aromatic carbocycles. The van der Waals surface area contributed by atoms with Crippen molar-refractivity contribution in [3.8, 4) is 5.75 Å². The van der Waals surface area contributed by atoms with Gasteiger partial charge in [-0.05, 0) is 42.5 Å². The molecule has 2 rings (SSSR count). The Morgan fingerprint density at radius 2 is 1.40 bits per heavy atom. The van der Waals surface area contributed by atoms with Gasteiger partial charge in [-0.15, -0.1) is 0 Å². The van der Waals surface area contributed by atoms with E-state index in [1.807, 2.05) is 0 Å². The van der Waals surface area contributed by atoms with E-state index in [9.17, 15) is 0 Å². The number of hydrogen-bond donors (Lipinski definition) is 1. The van der Waals surface area contributed by atoms with Gasteiger partial charge in [0.15, 0.2) is 0 Å². The highest BCUT2D eigenvalue weighted by atomic mass is 79.9. The molecule has 0 radical (unpaired) electrons. The predicted octanol–water partition coefficient (Wildman–Crippen LogP) is 6.87. The molecule has 0 heterocycles. The first-order chi connectivity index (χ1) is 12.3. The van der Waals surface area contributed by atoms with Crippen molar-refractivity contribution in [3.63, 3.8) is 0 Å². The molecular formula is C22H31BrO2. The summed E-state index contributed by atoms with van der Waals surface area (Å²) in [5.74, 6) is 0.993. The number of halogens is 1. The molecule has 0 aliphatic carbocycles. The van der Waals surface area contributed by atoms with E-state index in [1.165, 1.54) is 62.1 Å². The van der Waals surface area contributed by atoms with E-state index in [2.05, 4.69) is 52.3 Å². The smallest absolute Gasteiger partial charge is 0.127 e. The number of unbranched alkanes of at least 4 members (excludes halogenated alkanes) is 9. The molecule has 25 heavy (non-hydrogen) atoms. The third kappa shape index (κ3) is 7.79. The summed E-state index contributed by atoms with van der Waals surface area (Å²) in [6.07, 6.45) is 12.4. The van der Waals surface area contributed by atoms with Gasteiger partial charge < -0.3 is 9.84 Å². The van der Waals surface area contributed by atoms with Crippen LogP contribution in [0, 0.1) is 0 Å². The fourth-order valence-corrected chi connectivity index (χ4v) is 3.54. The molecule has 0 amide bonds. The molecule has 0 aliphatic heterocycles. The van der Waals surface area contributed by atoms with E-state index in [0.29, 0.717) is 6.61 Å². The van der Waals surface area contributed by atoms with Gasteiger partial charge in [0, 0.05) is 16.5 Å². The van der Waals surface area contributed by atoms with Crippen LogP contribution in [0.1, 0.15) is 64.2 Å². The molecular weight excluding hydrogens is 376 g/mol. The Balaban J connectivity index is 1.54. The molecule has 0 atom stereocenters. The summed E-state index contributed by atoms with van der Waals surface area (Å²) in [7, 11) is 0. The Morgan fingerprint density at radius 1 is 0.760 bits per heavy atom. The van der Waals surface area contributed by atoms with Crippen molar-refractivity contribution >= 4 is 26.7 Å². The van der Waals surface area contributed by atoms with Crippen LogP contribution in [-0.2, 0) is 0 Å². The van der Waals surface area contributed by atoms with E-state index in [-0.39, 0.29) is 0 Å². The zero-order chi connectivity index (χ0) is 17.7. The third-order valence-electron chi connectivity index (χ3n) is 4.61. The first-order valence-corrected chi connectivity index (χ1v) is 10.5. The van der Waals surface area contributed by atoms with Gasteiger partial charge in [0.1, 0.15) is 5.75 Å². The Morgan fingerprint density at radius 3 is 2.08 bits per heavy atom. The second-order valence-electron chi connectivity index (χ2n) is 6.73. The number of ether oxygens (including phenoxy) is 1. The summed E-state index contributed by atoms with van der Waals surface area (Å²) < 4.78 is 7.11. The predicted molar refractivity (Wildman–Crippen MR) is 110 cm³/mol. The minimum absolute atomic E-state index is 0.346. The van der Waals surface area contributed by atoms with Crippen molar-refractivity contribution in [3.05, 3.63) is 40.9 Å². The zero-order valence-electron chi connectivity index (χ0n) is 15.2. The van der Waals surface area contributed by atoms with E-state index in [0.717, 1.165) is 29.7 Å². The third-order valence-corrected chi connectivity index (χ3v) is 5.11. The highest BCUT2D eigenvalue weighted by Gasteiger charge is 2.02. The summed E-state index contributed by atoms with van der Waals surface area (Å²) in [4.78, 5) is 0. The van der Waals surface area contributed by atoms with Crippen LogP contribution in [0.4, 0.5) is 0 Å². The molecule has 1 N–H and O–H groups in total. The highest BCUT2D eigenvalue weighted by molar-refractivity contribution is 9.10. The number of fused-ring (bicyclic) bond motifs is 1. The van der Waals surface area contributed by atoms with Crippen LogP contribution in [0.25, 0.3) is 10.8 Å². The van der Waals surface area contributed by atoms with Crippen LogP contribution >= 0.6 is 15.9 Å². The summed E-state index contributed by atoms with van der Waals surface area (Å²) in [5.41, 5.74) is 0. The average Bonchev–Trinajstić information content (AvgIpc) is 2.62. The Kier molecular flexibility index (Phi) is 9.98. The highest BCUT2D eigenvalue weighted by Crippen LogP contribution is 2.28. The minimum atomic E-state index is 0.346. The minimum Gasteiger partial charge on any atom is -0.493 e. The SMILES string of the molecule is OCCCCCCCCCCCCOc1cccc2cc(Br)ccc12. The van der Waals surface area contributed by atoms with Gasteiger partial charge in [-0.1, -0.05) is 79.4 Å². The Bertz CT molecular complexity index is 612. The number of rotatable bonds is 13. The van der Waals surface area contributed by atoms with Crippen molar-refractivity contribution in [2.24, 2.45) is 0 Å². The fourth-order valence-electron chi connectivity index (χ4n) is 3.16. The second-order valence-corrected chi connectivity index (χ2v) is 7.64. The lowest BCUT2D eigenvalue weighted by atomic mass is 10.1. The summed E-state index contributed by atoms with van der Waals surface area (Å²) >= 11 is 3.52. The Labute approximate surface area is 160 Å². The molecule has 138 valence electrons. The molecule has 0 aliphatic rings. The van der Waals surface area contributed by atoms with Gasteiger partial charge in [0.05, 0.1) is 6.61 Å². The monoisotopic (exact) mass is 406 g/mol. The summed E-state index contributed by atoms with van der Waals surface area (Å²) in [5, 5.41) is 11.1. The van der Waals surface area contributed by atoms with Gasteiger partial charge in [-0.2, -0.15) is 0 Å². The molecule has 0 unspecified atom stereocenters. The van der Waals surface area contributed by atoms with Crippen molar-refractivity contribution in [2.75, 3.05) is 13.2 Å². The van der Waals surface area contributed by atoms with Crippen LogP contribution in [-0.4, -0.2) is 18.3 Å². The maximum absolute atomic E-state index is 8.73. The number of hydrogen-bond acceptors (Lipinski definition) is 2. The lowest BCUT2D eigenvalue weighted by Gasteiger charge is -2.09. The van der Waals surface area contributed by atoms with Crippen LogP contribution in [0.2, 0.25) is 0 Å². The second kappa shape index (κ2) is 12.3. The molecule has 2 aromatic rings. The van der Waals surface area contributed by atoms with Crippen LogP contribution < -0.4 is 4.74 Å². The molecule has 0 saturated carbocycles. The average molecular weight is 407 g/mol. The van der Waals surface area contributed by atoms with Crippen molar-refractivity contribution in [2.45, 2.75) is 64.2 Å². The summed E-state index contributed by atoms with van der Waals surface area (Å²) in [6.45, 7) is 1.15. The quantitative estimate of drug-likeness (QED) is 0.367. The van der Waals surface area contributed by atoms with Gasteiger partial charge >= 0.3 is 0 Å². The van der Waals surface area contributed by atoms with Crippen LogP contribution in [0.15, 0.2) is 40.9 Å².